The number of nitrogens with zero attached hydrogens (tertiary/aromatic N) is 2. The number of pyridine rings is 1. The molecular formula is C14H13ClN4. The van der Waals surface area contributed by atoms with Gasteiger partial charge in [-0.2, -0.15) is 0 Å². The van der Waals surface area contributed by atoms with Crippen molar-refractivity contribution in [2.45, 2.75) is 6.42 Å². The Morgan fingerprint density at radius 3 is 2.63 bits per heavy atom. The van der Waals surface area contributed by atoms with E-state index >= 15 is 0 Å². The number of anilines is 1. The first kappa shape index (κ1) is 12.0. The van der Waals surface area contributed by atoms with Crippen molar-refractivity contribution in [3.8, 4) is 0 Å². The number of fused-ring (bicyclic) bond motifs is 1. The average molecular weight is 273 g/mol. The molecule has 0 atom stereocenters. The molecule has 0 aliphatic heterocycles. The fourth-order valence-electron chi connectivity index (χ4n) is 1.96. The summed E-state index contributed by atoms with van der Waals surface area (Å²) in [5, 5.41) is 3.75. The van der Waals surface area contributed by atoms with Gasteiger partial charge in [0.15, 0.2) is 5.65 Å². The molecule has 2 N–H and O–H groups in total. The highest BCUT2D eigenvalue weighted by Crippen LogP contribution is 2.16. The van der Waals surface area contributed by atoms with Gasteiger partial charge in [-0.1, -0.05) is 23.7 Å². The fourth-order valence-corrected chi connectivity index (χ4v) is 2.09. The summed E-state index contributed by atoms with van der Waals surface area (Å²) in [5.41, 5.74) is 2.84. The molecule has 5 heteroatoms. The van der Waals surface area contributed by atoms with E-state index in [1.807, 2.05) is 43.4 Å². The first-order chi connectivity index (χ1) is 9.24. The van der Waals surface area contributed by atoms with Crippen LogP contribution in [0.2, 0.25) is 5.02 Å². The van der Waals surface area contributed by atoms with Crippen LogP contribution in [0.25, 0.3) is 11.2 Å². The summed E-state index contributed by atoms with van der Waals surface area (Å²) in [6.07, 6.45) is 0.739. The van der Waals surface area contributed by atoms with Gasteiger partial charge in [-0.15, -0.1) is 0 Å². The molecule has 1 aromatic carbocycles. The van der Waals surface area contributed by atoms with Crippen LogP contribution >= 0.6 is 11.6 Å². The van der Waals surface area contributed by atoms with E-state index in [2.05, 4.69) is 20.3 Å². The molecule has 0 saturated carbocycles. The molecule has 0 unspecified atom stereocenters. The highest BCUT2D eigenvalue weighted by atomic mass is 35.5. The van der Waals surface area contributed by atoms with Crippen LogP contribution in [0.1, 0.15) is 11.4 Å². The Morgan fingerprint density at radius 1 is 1.11 bits per heavy atom. The third-order valence-corrected chi connectivity index (χ3v) is 3.19. The predicted molar refractivity (Wildman–Crippen MR) is 77.7 cm³/mol. The van der Waals surface area contributed by atoms with Crippen LogP contribution in [0.3, 0.4) is 0 Å². The number of H-pyrrole nitrogens is 1. The minimum Gasteiger partial charge on any atom is -0.373 e. The van der Waals surface area contributed by atoms with Crippen molar-refractivity contribution in [3.63, 3.8) is 0 Å². The van der Waals surface area contributed by atoms with Crippen LogP contribution < -0.4 is 5.32 Å². The lowest BCUT2D eigenvalue weighted by molar-refractivity contribution is 1.03. The van der Waals surface area contributed by atoms with Gasteiger partial charge in [-0.05, 0) is 29.8 Å². The molecule has 0 amide bonds. The Balaban J connectivity index is 1.90. The molecule has 19 heavy (non-hydrogen) atoms. The number of aromatic amines is 1. The molecule has 2 heterocycles. The molecule has 0 bridgehead atoms. The van der Waals surface area contributed by atoms with Gasteiger partial charge in [0, 0.05) is 18.5 Å². The van der Waals surface area contributed by atoms with E-state index in [0.717, 1.165) is 39.8 Å². The van der Waals surface area contributed by atoms with E-state index in [0.29, 0.717) is 0 Å². The van der Waals surface area contributed by atoms with E-state index in [1.54, 1.807) is 0 Å². The molecule has 4 nitrogen and oxygen atoms in total. The second-order valence-corrected chi connectivity index (χ2v) is 4.74. The summed E-state index contributed by atoms with van der Waals surface area (Å²) < 4.78 is 0. The maximum absolute atomic E-state index is 5.87. The highest BCUT2D eigenvalue weighted by Gasteiger charge is 2.05. The lowest BCUT2D eigenvalue weighted by Crippen LogP contribution is -1.91. The van der Waals surface area contributed by atoms with Crippen molar-refractivity contribution in [3.05, 3.63) is 52.8 Å². The van der Waals surface area contributed by atoms with Gasteiger partial charge in [0.05, 0.1) is 5.52 Å². The lowest BCUT2D eigenvalue weighted by atomic mass is 10.1. The summed E-state index contributed by atoms with van der Waals surface area (Å²) in [5.74, 6) is 1.72. The smallest absolute Gasteiger partial charge is 0.179 e. The van der Waals surface area contributed by atoms with E-state index < -0.39 is 0 Å². The standard InChI is InChI=1S/C14H13ClN4/c1-16-12-7-6-11-14(18-12)19-13(17-11)8-9-2-4-10(15)5-3-9/h2-7H,8H2,1H3,(H2,16,17,18,19). The van der Waals surface area contributed by atoms with Crippen molar-refractivity contribution in [2.75, 3.05) is 12.4 Å². The Kier molecular flexibility index (Phi) is 3.09. The van der Waals surface area contributed by atoms with Crippen LogP contribution in [0.4, 0.5) is 5.82 Å². The SMILES string of the molecule is CNc1ccc2[nH]c(Cc3ccc(Cl)cc3)nc2n1. The van der Waals surface area contributed by atoms with E-state index in [4.69, 9.17) is 11.6 Å². The number of nitrogens with one attached hydrogen (secondary N) is 2. The van der Waals surface area contributed by atoms with Gasteiger partial charge in [-0.3, -0.25) is 0 Å². The van der Waals surface area contributed by atoms with Gasteiger partial charge in [-0.25, -0.2) is 9.97 Å². The Labute approximate surface area is 115 Å². The number of rotatable bonds is 3. The van der Waals surface area contributed by atoms with Gasteiger partial charge in [0.2, 0.25) is 0 Å². The van der Waals surface area contributed by atoms with Gasteiger partial charge in [0.25, 0.3) is 0 Å². The molecule has 3 aromatic rings. The minimum absolute atomic E-state index is 0.732. The van der Waals surface area contributed by atoms with Crippen LogP contribution in [-0.2, 0) is 6.42 Å². The van der Waals surface area contributed by atoms with Crippen molar-refractivity contribution >= 4 is 28.6 Å². The second-order valence-electron chi connectivity index (χ2n) is 4.30. The third kappa shape index (κ3) is 2.53. The largest absolute Gasteiger partial charge is 0.373 e. The zero-order chi connectivity index (χ0) is 13.2. The highest BCUT2D eigenvalue weighted by molar-refractivity contribution is 6.30. The van der Waals surface area contributed by atoms with Gasteiger partial charge >= 0.3 is 0 Å². The second kappa shape index (κ2) is 4.90. The number of hydrogen-bond donors (Lipinski definition) is 2. The summed E-state index contributed by atoms with van der Waals surface area (Å²) in [7, 11) is 1.84. The van der Waals surface area contributed by atoms with Gasteiger partial charge < -0.3 is 10.3 Å². The van der Waals surface area contributed by atoms with Crippen molar-refractivity contribution in [2.24, 2.45) is 0 Å². The topological polar surface area (TPSA) is 53.6 Å². The Hall–Kier alpha value is -2.07. The number of hydrogen-bond acceptors (Lipinski definition) is 3. The summed E-state index contributed by atoms with van der Waals surface area (Å²) in [6, 6.07) is 11.7. The molecular weight excluding hydrogens is 260 g/mol. The quantitative estimate of drug-likeness (QED) is 0.770. The molecule has 96 valence electrons. The number of aromatic nitrogens is 3. The number of imidazole rings is 1. The molecule has 3 rings (SSSR count). The molecule has 0 aliphatic carbocycles. The summed E-state index contributed by atoms with van der Waals surface area (Å²) >= 11 is 5.87. The first-order valence-electron chi connectivity index (χ1n) is 6.02. The van der Waals surface area contributed by atoms with Gasteiger partial charge in [0.1, 0.15) is 11.6 Å². The first-order valence-corrected chi connectivity index (χ1v) is 6.40. The van der Waals surface area contributed by atoms with Crippen LogP contribution in [0.5, 0.6) is 0 Å². The maximum Gasteiger partial charge on any atom is 0.179 e. The molecule has 0 spiro atoms. The molecule has 0 saturated heterocycles. The zero-order valence-corrected chi connectivity index (χ0v) is 11.2. The number of benzene rings is 1. The van der Waals surface area contributed by atoms with E-state index in [-0.39, 0.29) is 0 Å². The average Bonchev–Trinajstić information content (AvgIpc) is 2.82. The maximum atomic E-state index is 5.87. The molecule has 0 fully saturated rings. The minimum atomic E-state index is 0.732. The lowest BCUT2D eigenvalue weighted by Gasteiger charge is -1.97. The molecule has 0 radical (unpaired) electrons. The van der Waals surface area contributed by atoms with Crippen molar-refractivity contribution < 1.29 is 0 Å². The van der Waals surface area contributed by atoms with E-state index in [9.17, 15) is 0 Å². The zero-order valence-electron chi connectivity index (χ0n) is 10.4. The summed E-state index contributed by atoms with van der Waals surface area (Å²) in [4.78, 5) is 12.2. The predicted octanol–water partition coefficient (Wildman–Crippen LogP) is 3.24. The monoisotopic (exact) mass is 272 g/mol. The van der Waals surface area contributed by atoms with Crippen molar-refractivity contribution in [1.29, 1.82) is 0 Å². The van der Waals surface area contributed by atoms with Crippen molar-refractivity contribution in [1.82, 2.24) is 15.0 Å². The van der Waals surface area contributed by atoms with Crippen LogP contribution in [0, 0.1) is 0 Å². The summed E-state index contributed by atoms with van der Waals surface area (Å²) in [6.45, 7) is 0. The third-order valence-electron chi connectivity index (χ3n) is 2.94. The van der Waals surface area contributed by atoms with Crippen LogP contribution in [-0.4, -0.2) is 22.0 Å². The number of halogens is 1. The molecule has 0 aliphatic rings. The van der Waals surface area contributed by atoms with E-state index in [1.165, 1.54) is 0 Å². The Bertz CT molecular complexity index is 703. The van der Waals surface area contributed by atoms with Crippen LogP contribution in [0.15, 0.2) is 36.4 Å². The molecule has 2 aromatic heterocycles. The fraction of sp³-hybridized carbons (Fsp3) is 0.143. The normalized spacial score (nSPS) is 10.8. The Morgan fingerprint density at radius 2 is 1.89 bits per heavy atom.